The van der Waals surface area contributed by atoms with Gasteiger partial charge in [-0.15, -0.1) is 0 Å². The number of aliphatic hydroxyl groups excluding tert-OH is 2. The maximum Gasteiger partial charge on any atom is 0.220 e. The van der Waals surface area contributed by atoms with Crippen LogP contribution in [-0.4, -0.2) is 34.9 Å². The minimum absolute atomic E-state index is 0.105. The minimum Gasteiger partial charge on any atom is -0.394 e. The molecule has 2 unspecified atom stereocenters. The van der Waals surface area contributed by atoms with E-state index < -0.39 is 12.1 Å². The number of hydrogen-bond donors (Lipinski definition) is 3. The summed E-state index contributed by atoms with van der Waals surface area (Å²) in [7, 11) is 0. The van der Waals surface area contributed by atoms with Gasteiger partial charge in [0.05, 0.1) is 18.8 Å². The Balaban J connectivity index is 3.55. The molecule has 1 amide bonds. The summed E-state index contributed by atoms with van der Waals surface area (Å²) in [4.78, 5) is 11.9. The van der Waals surface area contributed by atoms with Crippen molar-refractivity contribution in [2.24, 2.45) is 0 Å². The minimum atomic E-state index is -0.862. The van der Waals surface area contributed by atoms with E-state index in [-0.39, 0.29) is 12.5 Å². The molecule has 0 aromatic heterocycles. The number of aliphatic hydroxyl groups is 2. The average molecular weight is 548 g/mol. The van der Waals surface area contributed by atoms with Crippen LogP contribution in [0.5, 0.6) is 0 Å². The van der Waals surface area contributed by atoms with Gasteiger partial charge < -0.3 is 15.5 Å². The quantitative estimate of drug-likeness (QED) is 0.0645. The number of rotatable bonds is 29. The van der Waals surface area contributed by atoms with Gasteiger partial charge in [0.2, 0.25) is 5.91 Å². The molecule has 0 saturated carbocycles. The third-order valence-electron chi connectivity index (χ3n) is 7.35. The van der Waals surface area contributed by atoms with Gasteiger partial charge in [-0.25, -0.2) is 0 Å². The van der Waals surface area contributed by atoms with E-state index in [1.54, 1.807) is 6.08 Å². The third-order valence-corrected chi connectivity index (χ3v) is 7.35. The molecule has 228 valence electrons. The predicted molar refractivity (Wildman–Crippen MR) is 170 cm³/mol. The molecule has 0 aromatic carbocycles. The molecule has 0 aliphatic rings. The molecule has 0 bridgehead atoms. The van der Waals surface area contributed by atoms with E-state index in [1.165, 1.54) is 96.3 Å². The zero-order valence-corrected chi connectivity index (χ0v) is 25.9. The maximum absolute atomic E-state index is 11.9. The Labute approximate surface area is 242 Å². The van der Waals surface area contributed by atoms with Crippen LogP contribution in [0.4, 0.5) is 0 Å². The Morgan fingerprint density at radius 1 is 0.590 bits per heavy atom. The lowest BCUT2D eigenvalue weighted by Crippen LogP contribution is -2.45. The monoisotopic (exact) mass is 547 g/mol. The van der Waals surface area contributed by atoms with Crippen molar-refractivity contribution in [2.75, 3.05) is 6.61 Å². The Bertz CT molecular complexity index is 599. The van der Waals surface area contributed by atoms with Crippen LogP contribution in [0.2, 0.25) is 0 Å². The fourth-order valence-corrected chi connectivity index (χ4v) is 4.74. The van der Waals surface area contributed by atoms with Gasteiger partial charge in [0.25, 0.3) is 0 Å². The van der Waals surface area contributed by atoms with Crippen LogP contribution in [0.25, 0.3) is 0 Å². The Kier molecular flexibility index (Phi) is 30.0. The lowest BCUT2D eigenvalue weighted by atomic mass is 10.0. The highest BCUT2D eigenvalue weighted by atomic mass is 16.3. The highest BCUT2D eigenvalue weighted by molar-refractivity contribution is 5.76. The van der Waals surface area contributed by atoms with E-state index in [0.29, 0.717) is 6.42 Å². The first kappa shape index (κ1) is 37.6. The smallest absolute Gasteiger partial charge is 0.220 e. The van der Waals surface area contributed by atoms with Gasteiger partial charge >= 0.3 is 0 Å². The van der Waals surface area contributed by atoms with Crippen molar-refractivity contribution >= 4 is 5.91 Å². The van der Waals surface area contributed by atoms with Gasteiger partial charge in [0.1, 0.15) is 0 Å². The normalized spacial score (nSPS) is 13.6. The van der Waals surface area contributed by atoms with E-state index in [2.05, 4.69) is 43.5 Å². The first-order valence-electron chi connectivity index (χ1n) is 16.7. The molecule has 0 heterocycles. The lowest BCUT2D eigenvalue weighted by molar-refractivity contribution is -0.123. The van der Waals surface area contributed by atoms with Crippen molar-refractivity contribution in [1.82, 2.24) is 5.32 Å². The summed E-state index contributed by atoms with van der Waals surface area (Å²) in [6.45, 7) is 4.11. The number of amides is 1. The number of unbranched alkanes of at least 4 members (excludes halogenated alkanes) is 18. The second-order valence-electron chi connectivity index (χ2n) is 11.2. The largest absolute Gasteiger partial charge is 0.394 e. The van der Waals surface area contributed by atoms with Crippen LogP contribution in [0.3, 0.4) is 0 Å². The Morgan fingerprint density at radius 2 is 1.00 bits per heavy atom. The number of allylic oxidation sites excluding steroid dienone is 5. The standard InChI is InChI=1S/C35H65NO3/c1-3-5-7-8-9-10-11-12-13-14-15-16-17-18-19-20-21-22-23-24-25-26-27-29-30-34(38)33(32-37)36-35(39)31-28-6-4-2/h20-21,24-25,29-30,33-34,37-38H,3-19,22-23,26-28,31-32H2,1-2H3,(H,36,39)/b21-20+,25-24+,30-29+. The Morgan fingerprint density at radius 3 is 1.49 bits per heavy atom. The van der Waals surface area contributed by atoms with Crippen LogP contribution in [0.15, 0.2) is 36.5 Å². The summed E-state index contributed by atoms with van der Waals surface area (Å²) >= 11 is 0. The van der Waals surface area contributed by atoms with Crippen LogP contribution in [-0.2, 0) is 4.79 Å². The highest BCUT2D eigenvalue weighted by Gasteiger charge is 2.17. The van der Waals surface area contributed by atoms with Crippen molar-refractivity contribution in [3.8, 4) is 0 Å². The zero-order chi connectivity index (χ0) is 28.7. The molecule has 0 radical (unpaired) electrons. The van der Waals surface area contributed by atoms with Gasteiger partial charge in [0.15, 0.2) is 0 Å². The third kappa shape index (κ3) is 28.0. The van der Waals surface area contributed by atoms with Gasteiger partial charge in [-0.2, -0.15) is 0 Å². The highest BCUT2D eigenvalue weighted by Crippen LogP contribution is 2.13. The van der Waals surface area contributed by atoms with E-state index in [9.17, 15) is 15.0 Å². The van der Waals surface area contributed by atoms with Crippen molar-refractivity contribution < 1.29 is 15.0 Å². The second-order valence-corrected chi connectivity index (χ2v) is 11.2. The second kappa shape index (κ2) is 31.1. The molecule has 4 heteroatoms. The molecule has 0 aliphatic heterocycles. The topological polar surface area (TPSA) is 69.6 Å². The summed E-state index contributed by atoms with van der Waals surface area (Å²) in [6, 6.07) is -0.637. The van der Waals surface area contributed by atoms with Crippen molar-refractivity contribution in [1.29, 1.82) is 0 Å². The summed E-state index contributed by atoms with van der Waals surface area (Å²) in [6.07, 6.45) is 40.1. The summed E-state index contributed by atoms with van der Waals surface area (Å²) in [5.41, 5.74) is 0. The molecule has 0 spiro atoms. The molecule has 0 aromatic rings. The van der Waals surface area contributed by atoms with E-state index >= 15 is 0 Å². The molecule has 0 rings (SSSR count). The molecular formula is C35H65NO3. The zero-order valence-electron chi connectivity index (χ0n) is 25.9. The number of carbonyl (C=O) groups excluding carboxylic acids is 1. The summed E-state index contributed by atoms with van der Waals surface area (Å²) in [5.74, 6) is -0.105. The Hall–Kier alpha value is -1.39. The lowest BCUT2D eigenvalue weighted by Gasteiger charge is -2.19. The molecular weight excluding hydrogens is 482 g/mol. The number of nitrogens with one attached hydrogen (secondary N) is 1. The molecule has 2 atom stereocenters. The SMILES string of the molecule is CCCCCCCCCCCCCCCC/C=C/CC/C=C/CC/C=C/C(O)C(CO)NC(=O)CCCCC. The van der Waals surface area contributed by atoms with Gasteiger partial charge in [-0.3, -0.25) is 4.79 Å². The van der Waals surface area contributed by atoms with E-state index in [1.807, 2.05) is 6.08 Å². The van der Waals surface area contributed by atoms with Crippen LogP contribution < -0.4 is 5.32 Å². The molecule has 39 heavy (non-hydrogen) atoms. The van der Waals surface area contributed by atoms with Crippen LogP contribution in [0, 0.1) is 0 Å². The van der Waals surface area contributed by atoms with E-state index in [4.69, 9.17) is 0 Å². The number of hydrogen-bond acceptors (Lipinski definition) is 3. The van der Waals surface area contributed by atoms with Crippen molar-refractivity contribution in [3.63, 3.8) is 0 Å². The predicted octanol–water partition coefficient (Wildman–Crippen LogP) is 9.51. The van der Waals surface area contributed by atoms with Crippen molar-refractivity contribution in [3.05, 3.63) is 36.5 Å². The van der Waals surface area contributed by atoms with E-state index in [0.717, 1.165) is 44.9 Å². The van der Waals surface area contributed by atoms with Gasteiger partial charge in [-0.05, 0) is 44.9 Å². The number of carbonyl (C=O) groups is 1. The first-order valence-corrected chi connectivity index (χ1v) is 16.7. The molecule has 4 nitrogen and oxygen atoms in total. The summed E-state index contributed by atoms with van der Waals surface area (Å²) < 4.78 is 0. The van der Waals surface area contributed by atoms with Crippen LogP contribution in [0.1, 0.15) is 162 Å². The van der Waals surface area contributed by atoms with Gasteiger partial charge in [0, 0.05) is 6.42 Å². The first-order chi connectivity index (χ1) is 19.2. The summed E-state index contributed by atoms with van der Waals surface area (Å²) in [5, 5.41) is 22.4. The fraction of sp³-hybridized carbons (Fsp3) is 0.800. The van der Waals surface area contributed by atoms with Crippen molar-refractivity contribution in [2.45, 2.75) is 174 Å². The maximum atomic E-state index is 11.9. The van der Waals surface area contributed by atoms with Gasteiger partial charge in [-0.1, -0.05) is 147 Å². The molecule has 0 saturated heterocycles. The fourth-order valence-electron chi connectivity index (χ4n) is 4.74. The molecule has 0 fully saturated rings. The van der Waals surface area contributed by atoms with Crippen LogP contribution >= 0.6 is 0 Å². The molecule has 0 aliphatic carbocycles. The average Bonchev–Trinajstić information content (AvgIpc) is 2.94. The molecule has 3 N–H and O–H groups in total.